The summed E-state index contributed by atoms with van der Waals surface area (Å²) in [6, 6.07) is 19.0. The number of benzene rings is 2. The van der Waals surface area contributed by atoms with E-state index in [1.54, 1.807) is 0 Å². The molecule has 3 heteroatoms. The van der Waals surface area contributed by atoms with E-state index in [1.807, 2.05) is 18.2 Å². The quantitative estimate of drug-likeness (QED) is 0.777. The maximum absolute atomic E-state index is 6.13. The zero-order chi connectivity index (χ0) is 15.2. The second-order valence-electron chi connectivity index (χ2n) is 5.61. The third kappa shape index (κ3) is 4.48. The average molecular weight is 303 g/mol. The van der Waals surface area contributed by atoms with Crippen molar-refractivity contribution in [1.82, 2.24) is 4.90 Å². The minimum absolute atomic E-state index is 0.340. The molecule has 0 bridgehead atoms. The maximum atomic E-state index is 6.13. The molecule has 0 spiro atoms. The molecular formula is C18H23ClN2. The van der Waals surface area contributed by atoms with Crippen molar-refractivity contribution in [2.45, 2.75) is 12.5 Å². The highest BCUT2D eigenvalue weighted by Gasteiger charge is 2.17. The number of nitrogens with zero attached hydrogens (tertiary/aromatic N) is 2. The van der Waals surface area contributed by atoms with Gasteiger partial charge in [-0.1, -0.05) is 48.0 Å². The molecule has 2 nitrogen and oxygen atoms in total. The highest BCUT2D eigenvalue weighted by molar-refractivity contribution is 6.30. The number of halogens is 1. The molecule has 0 aromatic heterocycles. The fraction of sp³-hybridized carbons (Fsp3) is 0.333. The molecule has 0 aliphatic heterocycles. The summed E-state index contributed by atoms with van der Waals surface area (Å²) in [7, 11) is 6.36. The van der Waals surface area contributed by atoms with Crippen molar-refractivity contribution < 1.29 is 0 Å². The van der Waals surface area contributed by atoms with Crippen molar-refractivity contribution in [2.75, 3.05) is 32.6 Å². The summed E-state index contributed by atoms with van der Waals surface area (Å²) in [6.07, 6.45) is 1.07. The van der Waals surface area contributed by atoms with Crippen molar-refractivity contribution in [1.29, 1.82) is 0 Å². The van der Waals surface area contributed by atoms with Gasteiger partial charge in [0.2, 0.25) is 0 Å². The normalized spacial score (nSPS) is 12.4. The first kappa shape index (κ1) is 15.9. The van der Waals surface area contributed by atoms with E-state index in [1.165, 1.54) is 5.56 Å². The molecule has 0 fully saturated rings. The topological polar surface area (TPSA) is 6.48 Å². The molecule has 2 aromatic rings. The van der Waals surface area contributed by atoms with Crippen LogP contribution in [0.15, 0.2) is 54.6 Å². The van der Waals surface area contributed by atoms with Gasteiger partial charge < -0.3 is 9.80 Å². The Hall–Kier alpha value is -1.51. The lowest BCUT2D eigenvalue weighted by Gasteiger charge is -2.31. The van der Waals surface area contributed by atoms with Gasteiger partial charge in [-0.2, -0.15) is 0 Å². The Kier molecular flexibility index (Phi) is 5.66. The third-order valence-electron chi connectivity index (χ3n) is 3.72. The molecule has 1 atom stereocenters. The molecule has 1 unspecified atom stereocenters. The molecular weight excluding hydrogens is 280 g/mol. The predicted molar refractivity (Wildman–Crippen MR) is 92.2 cm³/mol. The minimum Gasteiger partial charge on any atom is -0.367 e. The number of hydrogen-bond donors (Lipinski definition) is 0. The molecule has 0 saturated heterocycles. The number of hydrogen-bond acceptors (Lipinski definition) is 2. The molecule has 0 amide bonds. The Morgan fingerprint density at radius 2 is 1.67 bits per heavy atom. The third-order valence-corrected chi connectivity index (χ3v) is 3.95. The van der Waals surface area contributed by atoms with E-state index in [0.717, 1.165) is 23.7 Å². The maximum Gasteiger partial charge on any atom is 0.0551 e. The summed E-state index contributed by atoms with van der Waals surface area (Å²) in [4.78, 5) is 4.53. The van der Waals surface area contributed by atoms with Crippen LogP contribution in [0.25, 0.3) is 0 Å². The first-order valence-corrected chi connectivity index (χ1v) is 7.64. The van der Waals surface area contributed by atoms with E-state index in [9.17, 15) is 0 Å². The van der Waals surface area contributed by atoms with Crippen molar-refractivity contribution in [3.8, 4) is 0 Å². The lowest BCUT2D eigenvalue weighted by atomic mass is 10.0. The lowest BCUT2D eigenvalue weighted by molar-refractivity contribution is 0.379. The second kappa shape index (κ2) is 7.48. The van der Waals surface area contributed by atoms with Gasteiger partial charge in [-0.05, 0) is 50.8 Å². The van der Waals surface area contributed by atoms with Crippen LogP contribution in [0.5, 0.6) is 0 Å². The molecule has 0 saturated carbocycles. The highest BCUT2D eigenvalue weighted by atomic mass is 35.5. The van der Waals surface area contributed by atoms with Gasteiger partial charge in [0.05, 0.1) is 6.04 Å². The Morgan fingerprint density at radius 1 is 0.952 bits per heavy atom. The molecule has 21 heavy (non-hydrogen) atoms. The Labute approximate surface area is 133 Å². The van der Waals surface area contributed by atoms with E-state index >= 15 is 0 Å². The van der Waals surface area contributed by atoms with Gasteiger partial charge in [0.25, 0.3) is 0 Å². The zero-order valence-corrected chi connectivity index (χ0v) is 13.7. The lowest BCUT2D eigenvalue weighted by Crippen LogP contribution is -2.27. The van der Waals surface area contributed by atoms with Crippen LogP contribution < -0.4 is 4.90 Å². The van der Waals surface area contributed by atoms with Crippen LogP contribution in [-0.2, 0) is 0 Å². The van der Waals surface area contributed by atoms with Crippen LogP contribution in [0, 0.1) is 0 Å². The van der Waals surface area contributed by atoms with Crippen molar-refractivity contribution in [2.24, 2.45) is 0 Å². The summed E-state index contributed by atoms with van der Waals surface area (Å²) in [5, 5.41) is 0.777. The number of anilines is 1. The number of rotatable bonds is 6. The monoisotopic (exact) mass is 302 g/mol. The van der Waals surface area contributed by atoms with Crippen molar-refractivity contribution in [3.05, 3.63) is 65.2 Å². The fourth-order valence-electron chi connectivity index (χ4n) is 2.52. The van der Waals surface area contributed by atoms with Crippen molar-refractivity contribution >= 4 is 17.3 Å². The summed E-state index contributed by atoms with van der Waals surface area (Å²) < 4.78 is 0. The molecule has 2 aromatic carbocycles. The van der Waals surface area contributed by atoms with Crippen LogP contribution in [0.2, 0.25) is 5.02 Å². The van der Waals surface area contributed by atoms with Crippen LogP contribution >= 0.6 is 11.6 Å². The Bertz CT molecular complexity index is 554. The van der Waals surface area contributed by atoms with Gasteiger partial charge in [-0.25, -0.2) is 0 Å². The van der Waals surface area contributed by atoms with Gasteiger partial charge >= 0.3 is 0 Å². The van der Waals surface area contributed by atoms with Gasteiger partial charge in [0.1, 0.15) is 0 Å². The summed E-state index contributed by atoms with van der Waals surface area (Å²) in [6.45, 7) is 1.05. The second-order valence-corrected chi connectivity index (χ2v) is 6.05. The summed E-state index contributed by atoms with van der Waals surface area (Å²) in [5.74, 6) is 0. The van der Waals surface area contributed by atoms with Crippen LogP contribution in [0.3, 0.4) is 0 Å². The van der Waals surface area contributed by atoms with Crippen LogP contribution in [-0.4, -0.2) is 32.6 Å². The largest absolute Gasteiger partial charge is 0.367 e. The first-order valence-electron chi connectivity index (χ1n) is 7.26. The van der Waals surface area contributed by atoms with Crippen LogP contribution in [0.4, 0.5) is 5.69 Å². The Morgan fingerprint density at radius 3 is 2.29 bits per heavy atom. The minimum atomic E-state index is 0.340. The van der Waals surface area contributed by atoms with E-state index in [-0.39, 0.29) is 0 Å². The summed E-state index contributed by atoms with van der Waals surface area (Å²) >= 11 is 6.13. The van der Waals surface area contributed by atoms with Crippen molar-refractivity contribution in [3.63, 3.8) is 0 Å². The molecule has 0 aliphatic rings. The van der Waals surface area contributed by atoms with Gasteiger partial charge in [0.15, 0.2) is 0 Å². The molecule has 112 valence electrons. The predicted octanol–water partition coefficient (Wildman–Crippen LogP) is 4.47. The van der Waals surface area contributed by atoms with E-state index < -0.39 is 0 Å². The first-order chi connectivity index (χ1) is 10.1. The van der Waals surface area contributed by atoms with Crippen LogP contribution in [0.1, 0.15) is 18.0 Å². The standard InChI is InChI=1S/C18H23ClN2/c1-20(2)13-12-18(15-8-5-4-6-9-15)21(3)17-11-7-10-16(19)14-17/h4-11,14,18H,12-13H2,1-3H3. The zero-order valence-electron chi connectivity index (χ0n) is 13.0. The average Bonchev–Trinajstić information content (AvgIpc) is 2.48. The van der Waals surface area contributed by atoms with E-state index in [4.69, 9.17) is 11.6 Å². The molecule has 0 radical (unpaired) electrons. The summed E-state index contributed by atoms with van der Waals surface area (Å²) in [5.41, 5.74) is 2.48. The van der Waals surface area contributed by atoms with Gasteiger partial charge in [0, 0.05) is 17.8 Å². The highest BCUT2D eigenvalue weighted by Crippen LogP contribution is 2.29. The smallest absolute Gasteiger partial charge is 0.0551 e. The molecule has 2 rings (SSSR count). The SMILES string of the molecule is CN(C)CCC(c1ccccc1)N(C)c1cccc(Cl)c1. The van der Waals surface area contributed by atoms with Gasteiger partial charge in [-0.3, -0.25) is 0 Å². The molecule has 0 heterocycles. The van der Waals surface area contributed by atoms with Gasteiger partial charge in [-0.15, -0.1) is 0 Å². The molecule has 0 N–H and O–H groups in total. The van der Waals surface area contributed by atoms with E-state index in [0.29, 0.717) is 6.04 Å². The fourth-order valence-corrected chi connectivity index (χ4v) is 2.70. The Balaban J connectivity index is 2.26. The van der Waals surface area contributed by atoms with E-state index in [2.05, 4.69) is 67.3 Å². The molecule has 0 aliphatic carbocycles.